The zero-order valence-corrected chi connectivity index (χ0v) is 6.70. The maximum Gasteiger partial charge on any atom is 0.0810 e. The summed E-state index contributed by atoms with van der Waals surface area (Å²) in [5.41, 5.74) is 0.720. The van der Waals surface area contributed by atoms with E-state index in [1.165, 1.54) is 0 Å². The summed E-state index contributed by atoms with van der Waals surface area (Å²) in [5, 5.41) is 8.52. The molecule has 0 amide bonds. The van der Waals surface area contributed by atoms with Gasteiger partial charge in [0.1, 0.15) is 0 Å². The van der Waals surface area contributed by atoms with Gasteiger partial charge in [0, 0.05) is 32.2 Å². The van der Waals surface area contributed by atoms with Crippen molar-refractivity contribution in [3.05, 3.63) is 12.4 Å². The molecule has 10 heavy (non-hydrogen) atoms. The Morgan fingerprint density at radius 2 is 2.20 bits per heavy atom. The molecule has 0 bridgehead atoms. The van der Waals surface area contributed by atoms with Gasteiger partial charge in [-0.15, -0.1) is 0 Å². The molecule has 0 aromatic rings. The highest BCUT2D eigenvalue weighted by molar-refractivity contribution is 5.83. The molecule has 0 aromatic heterocycles. The lowest BCUT2D eigenvalue weighted by molar-refractivity contribution is 0.357. The van der Waals surface area contributed by atoms with Crippen molar-refractivity contribution < 1.29 is 5.11 Å². The molecule has 0 aliphatic carbocycles. The second-order valence-corrected chi connectivity index (χ2v) is 2.28. The van der Waals surface area contributed by atoms with Crippen LogP contribution in [0.5, 0.6) is 0 Å². The third-order valence-corrected chi connectivity index (χ3v) is 0.889. The van der Waals surface area contributed by atoms with Crippen LogP contribution in [-0.2, 0) is 0 Å². The van der Waals surface area contributed by atoms with Crippen molar-refractivity contribution in [1.82, 2.24) is 4.90 Å². The van der Waals surface area contributed by atoms with Crippen LogP contribution in [0.4, 0.5) is 0 Å². The van der Waals surface area contributed by atoms with Crippen molar-refractivity contribution in [2.75, 3.05) is 20.7 Å². The van der Waals surface area contributed by atoms with Crippen molar-refractivity contribution in [3.8, 4) is 0 Å². The van der Waals surface area contributed by atoms with Crippen molar-refractivity contribution >= 4 is 5.71 Å². The zero-order valence-electron chi connectivity index (χ0n) is 6.70. The molecule has 3 heteroatoms. The highest BCUT2D eigenvalue weighted by Gasteiger charge is 1.80. The molecule has 0 atom stereocenters. The van der Waals surface area contributed by atoms with Gasteiger partial charge in [-0.1, -0.05) is 0 Å². The highest BCUT2D eigenvalue weighted by Crippen LogP contribution is 1.81. The van der Waals surface area contributed by atoms with Crippen LogP contribution >= 0.6 is 0 Å². The fourth-order valence-corrected chi connectivity index (χ4v) is 0.335. The first-order valence-electron chi connectivity index (χ1n) is 3.14. The monoisotopic (exact) mass is 142 g/mol. The lowest BCUT2D eigenvalue weighted by atomic mass is 10.5. The Kier molecular flexibility index (Phi) is 4.58. The molecule has 0 spiro atoms. The van der Waals surface area contributed by atoms with Gasteiger partial charge in [0.15, 0.2) is 0 Å². The van der Waals surface area contributed by atoms with Gasteiger partial charge in [-0.25, -0.2) is 0 Å². The van der Waals surface area contributed by atoms with Gasteiger partial charge in [0.2, 0.25) is 0 Å². The van der Waals surface area contributed by atoms with Gasteiger partial charge in [0.05, 0.1) is 6.61 Å². The van der Waals surface area contributed by atoms with Crippen LogP contribution in [-0.4, -0.2) is 36.4 Å². The largest absolute Gasteiger partial charge is 0.390 e. The minimum Gasteiger partial charge on any atom is -0.390 e. The third-order valence-electron chi connectivity index (χ3n) is 0.889. The van der Waals surface area contributed by atoms with E-state index in [4.69, 9.17) is 5.11 Å². The topological polar surface area (TPSA) is 35.8 Å². The first kappa shape index (κ1) is 9.17. The average molecular weight is 142 g/mol. The first-order valence-corrected chi connectivity index (χ1v) is 3.14. The second-order valence-electron chi connectivity index (χ2n) is 2.28. The fraction of sp³-hybridized carbons (Fsp3) is 0.571. The average Bonchev–Trinajstić information content (AvgIpc) is 1.87. The molecule has 0 rings (SSSR count). The molecule has 0 aromatic carbocycles. The summed E-state index contributed by atoms with van der Waals surface area (Å²) >= 11 is 0. The Labute approximate surface area is 61.7 Å². The Balaban J connectivity index is 3.70. The van der Waals surface area contributed by atoms with Crippen molar-refractivity contribution in [1.29, 1.82) is 0 Å². The van der Waals surface area contributed by atoms with E-state index in [1.807, 2.05) is 25.2 Å². The summed E-state index contributed by atoms with van der Waals surface area (Å²) in [6.45, 7) is 1.80. The predicted molar refractivity (Wildman–Crippen MR) is 43.0 cm³/mol. The Morgan fingerprint density at radius 3 is 2.60 bits per heavy atom. The SMILES string of the molecule is CC(CO)=N/C=C\N(C)C. The van der Waals surface area contributed by atoms with Gasteiger partial charge < -0.3 is 10.0 Å². The number of aliphatic hydroxyl groups excluding tert-OH is 1. The molecule has 0 heterocycles. The molecule has 3 nitrogen and oxygen atoms in total. The molecule has 0 aliphatic heterocycles. The standard InChI is InChI=1S/C7H14N2O/c1-7(6-10)8-4-5-9(2)3/h4-5,10H,6H2,1-3H3/b5-4-,8-7?. The summed E-state index contributed by atoms with van der Waals surface area (Å²) in [6, 6.07) is 0. The Hall–Kier alpha value is -0.830. The minimum absolute atomic E-state index is 0.0256. The maximum absolute atomic E-state index is 8.52. The van der Waals surface area contributed by atoms with Crippen LogP contribution in [0.3, 0.4) is 0 Å². The number of hydrogen-bond donors (Lipinski definition) is 1. The van der Waals surface area contributed by atoms with E-state index in [2.05, 4.69) is 4.99 Å². The fourth-order valence-electron chi connectivity index (χ4n) is 0.335. The van der Waals surface area contributed by atoms with E-state index in [1.54, 1.807) is 13.1 Å². The van der Waals surface area contributed by atoms with Crippen LogP contribution in [0.25, 0.3) is 0 Å². The number of rotatable bonds is 3. The second kappa shape index (κ2) is 4.99. The quantitative estimate of drug-likeness (QED) is 0.581. The predicted octanol–water partition coefficient (Wildman–Crippen LogP) is 0.472. The lowest BCUT2D eigenvalue weighted by Crippen LogP contribution is -2.00. The van der Waals surface area contributed by atoms with Crippen molar-refractivity contribution in [2.45, 2.75) is 6.92 Å². The van der Waals surface area contributed by atoms with Crippen LogP contribution in [0, 0.1) is 0 Å². The molecule has 0 saturated carbocycles. The molecule has 0 aliphatic rings. The molecule has 1 N–H and O–H groups in total. The van der Waals surface area contributed by atoms with Gasteiger partial charge in [-0.3, -0.25) is 4.99 Å². The summed E-state index contributed by atoms with van der Waals surface area (Å²) in [5.74, 6) is 0. The summed E-state index contributed by atoms with van der Waals surface area (Å²) in [7, 11) is 3.83. The van der Waals surface area contributed by atoms with E-state index in [-0.39, 0.29) is 6.61 Å². The molecule has 58 valence electrons. The van der Waals surface area contributed by atoms with Gasteiger partial charge in [-0.05, 0) is 6.92 Å². The van der Waals surface area contributed by atoms with E-state index < -0.39 is 0 Å². The van der Waals surface area contributed by atoms with Gasteiger partial charge in [-0.2, -0.15) is 0 Å². The smallest absolute Gasteiger partial charge is 0.0810 e. The van der Waals surface area contributed by atoms with E-state index >= 15 is 0 Å². The maximum atomic E-state index is 8.52. The van der Waals surface area contributed by atoms with E-state index in [0.717, 1.165) is 5.71 Å². The molecule has 0 fully saturated rings. The first-order chi connectivity index (χ1) is 4.66. The van der Waals surface area contributed by atoms with Crippen molar-refractivity contribution in [3.63, 3.8) is 0 Å². The van der Waals surface area contributed by atoms with Crippen molar-refractivity contribution in [2.24, 2.45) is 4.99 Å². The third kappa shape index (κ3) is 5.31. The van der Waals surface area contributed by atoms with Gasteiger partial charge in [0.25, 0.3) is 0 Å². The molecular weight excluding hydrogens is 128 g/mol. The van der Waals surface area contributed by atoms with Crippen LogP contribution in [0.15, 0.2) is 17.4 Å². The molecule has 0 saturated heterocycles. The van der Waals surface area contributed by atoms with Gasteiger partial charge >= 0.3 is 0 Å². The van der Waals surface area contributed by atoms with Crippen LogP contribution < -0.4 is 0 Å². The number of aliphatic imine (C=N–C) groups is 1. The van der Waals surface area contributed by atoms with E-state index in [9.17, 15) is 0 Å². The summed E-state index contributed by atoms with van der Waals surface area (Å²) < 4.78 is 0. The highest BCUT2D eigenvalue weighted by atomic mass is 16.3. The zero-order chi connectivity index (χ0) is 7.98. The minimum atomic E-state index is 0.0256. The normalized spacial score (nSPS) is 12.6. The number of nitrogens with zero attached hydrogens (tertiary/aromatic N) is 2. The summed E-state index contributed by atoms with van der Waals surface area (Å²) in [6.07, 6.45) is 3.48. The van der Waals surface area contributed by atoms with Crippen LogP contribution in [0.1, 0.15) is 6.92 Å². The Bertz CT molecular complexity index is 139. The number of aliphatic hydroxyl groups is 1. The number of hydrogen-bond acceptors (Lipinski definition) is 3. The summed E-state index contributed by atoms with van der Waals surface area (Å²) in [4.78, 5) is 5.81. The van der Waals surface area contributed by atoms with E-state index in [0.29, 0.717) is 0 Å². The Morgan fingerprint density at radius 1 is 1.60 bits per heavy atom. The molecular formula is C7H14N2O. The molecule has 0 radical (unpaired) electrons. The van der Waals surface area contributed by atoms with Crippen LogP contribution in [0.2, 0.25) is 0 Å². The lowest BCUT2D eigenvalue weighted by Gasteiger charge is -2.00. The molecule has 0 unspecified atom stereocenters.